The molecule has 11 aromatic rings. The van der Waals surface area contributed by atoms with Crippen LogP contribution in [0.4, 0.5) is 17.1 Å². The third-order valence-corrected chi connectivity index (χ3v) is 11.3. The molecule has 0 radical (unpaired) electrons. The molecule has 0 aliphatic heterocycles. The van der Waals surface area contributed by atoms with E-state index in [1.54, 1.807) is 0 Å². The third-order valence-electron chi connectivity index (χ3n) is 11.3. The summed E-state index contributed by atoms with van der Waals surface area (Å²) in [6.07, 6.45) is 0. The van der Waals surface area contributed by atoms with Gasteiger partial charge in [0.2, 0.25) is 0 Å². The second kappa shape index (κ2) is 13.2. The number of fused-ring (bicyclic) bond motifs is 7. The van der Waals surface area contributed by atoms with E-state index in [4.69, 9.17) is 4.42 Å². The van der Waals surface area contributed by atoms with Crippen molar-refractivity contribution in [2.75, 3.05) is 4.90 Å². The lowest BCUT2D eigenvalue weighted by atomic mass is 9.94. The summed E-state index contributed by atoms with van der Waals surface area (Å²) in [7, 11) is 0. The molecule has 11 rings (SSSR count). The minimum atomic E-state index is 0.862. The summed E-state index contributed by atoms with van der Waals surface area (Å²) in [5.41, 5.74) is 12.0. The Balaban J connectivity index is 1.13. The van der Waals surface area contributed by atoms with Gasteiger partial charge in [0.05, 0.1) is 22.4 Å². The molecule has 262 valence electrons. The van der Waals surface area contributed by atoms with Crippen LogP contribution in [-0.2, 0) is 0 Å². The van der Waals surface area contributed by atoms with Crippen molar-refractivity contribution in [3.63, 3.8) is 0 Å². The van der Waals surface area contributed by atoms with E-state index < -0.39 is 0 Å². The number of furan rings is 1. The number of hydrogen-bond acceptors (Lipinski definition) is 2. The van der Waals surface area contributed by atoms with Gasteiger partial charge in [0.15, 0.2) is 0 Å². The summed E-state index contributed by atoms with van der Waals surface area (Å²) in [6, 6.07) is 76.6. The molecule has 0 amide bonds. The van der Waals surface area contributed by atoms with Crippen molar-refractivity contribution in [2.24, 2.45) is 0 Å². The van der Waals surface area contributed by atoms with Crippen molar-refractivity contribution in [2.45, 2.75) is 0 Å². The first-order chi connectivity index (χ1) is 27.8. The Morgan fingerprint density at radius 3 is 1.55 bits per heavy atom. The molecule has 0 atom stereocenters. The Morgan fingerprint density at radius 1 is 0.286 bits per heavy atom. The molecule has 1 aromatic heterocycles. The maximum absolute atomic E-state index is 6.49. The summed E-state index contributed by atoms with van der Waals surface area (Å²) < 4.78 is 6.49. The second-order valence-electron chi connectivity index (χ2n) is 14.4. The predicted molar refractivity (Wildman–Crippen MR) is 237 cm³/mol. The maximum atomic E-state index is 6.49. The van der Waals surface area contributed by atoms with Gasteiger partial charge < -0.3 is 9.32 Å². The van der Waals surface area contributed by atoms with Gasteiger partial charge in [-0.1, -0.05) is 176 Å². The van der Waals surface area contributed by atoms with Gasteiger partial charge in [0.1, 0.15) is 11.2 Å². The van der Waals surface area contributed by atoms with Crippen LogP contribution in [0.5, 0.6) is 0 Å². The van der Waals surface area contributed by atoms with E-state index in [-0.39, 0.29) is 0 Å². The number of benzene rings is 10. The average molecular weight is 714 g/mol. The van der Waals surface area contributed by atoms with Crippen molar-refractivity contribution < 1.29 is 4.42 Å². The number of hydrogen-bond donors (Lipinski definition) is 0. The van der Waals surface area contributed by atoms with E-state index in [9.17, 15) is 0 Å². The van der Waals surface area contributed by atoms with Crippen LogP contribution in [0.1, 0.15) is 0 Å². The summed E-state index contributed by atoms with van der Waals surface area (Å²) in [6.45, 7) is 0. The molecule has 56 heavy (non-hydrogen) atoms. The molecular formula is C54H35NO. The van der Waals surface area contributed by atoms with Crippen molar-refractivity contribution in [1.29, 1.82) is 0 Å². The molecule has 0 saturated carbocycles. The molecule has 0 aliphatic carbocycles. The fourth-order valence-corrected chi connectivity index (χ4v) is 8.64. The van der Waals surface area contributed by atoms with Crippen LogP contribution in [-0.4, -0.2) is 0 Å². The highest BCUT2D eigenvalue weighted by molar-refractivity contribution is 6.15. The minimum absolute atomic E-state index is 0.862. The molecule has 0 aliphatic rings. The van der Waals surface area contributed by atoms with Crippen LogP contribution >= 0.6 is 0 Å². The van der Waals surface area contributed by atoms with Crippen molar-refractivity contribution in [3.05, 3.63) is 212 Å². The van der Waals surface area contributed by atoms with Gasteiger partial charge in [-0.3, -0.25) is 0 Å². The zero-order valence-electron chi connectivity index (χ0n) is 30.6. The second-order valence-corrected chi connectivity index (χ2v) is 14.4. The van der Waals surface area contributed by atoms with Crippen molar-refractivity contribution in [1.82, 2.24) is 0 Å². The van der Waals surface area contributed by atoms with Gasteiger partial charge >= 0.3 is 0 Å². The SMILES string of the molecule is c1ccc(N(c2ccccc2-c2ccc3c(ccc4ccccc43)c2)c2cccc3oc4ccccc4c23)c(-c2ccc(-c3cccc4ccccc34)cc2)c1. The molecular weight excluding hydrogens is 679 g/mol. The van der Waals surface area contributed by atoms with Gasteiger partial charge in [0, 0.05) is 16.5 Å². The Morgan fingerprint density at radius 2 is 0.768 bits per heavy atom. The molecule has 0 fully saturated rings. The predicted octanol–water partition coefficient (Wildman–Crippen LogP) is 15.5. The van der Waals surface area contributed by atoms with E-state index in [1.807, 2.05) is 6.07 Å². The minimum Gasteiger partial charge on any atom is -0.456 e. The zero-order valence-corrected chi connectivity index (χ0v) is 30.6. The van der Waals surface area contributed by atoms with E-state index in [1.165, 1.54) is 43.4 Å². The average Bonchev–Trinajstić information content (AvgIpc) is 3.66. The fraction of sp³-hybridized carbons (Fsp3) is 0. The van der Waals surface area contributed by atoms with Gasteiger partial charge in [0.25, 0.3) is 0 Å². The topological polar surface area (TPSA) is 16.4 Å². The molecule has 2 nitrogen and oxygen atoms in total. The van der Waals surface area contributed by atoms with E-state index in [2.05, 4.69) is 211 Å². The molecule has 0 N–H and O–H groups in total. The highest BCUT2D eigenvalue weighted by Gasteiger charge is 2.24. The molecule has 1 heterocycles. The van der Waals surface area contributed by atoms with Gasteiger partial charge in [-0.2, -0.15) is 0 Å². The van der Waals surface area contributed by atoms with Crippen LogP contribution in [0.15, 0.2) is 217 Å². The van der Waals surface area contributed by atoms with Gasteiger partial charge in [-0.05, 0) is 91.0 Å². The lowest BCUT2D eigenvalue weighted by Crippen LogP contribution is -2.12. The number of rotatable bonds is 6. The van der Waals surface area contributed by atoms with Gasteiger partial charge in [-0.25, -0.2) is 0 Å². The van der Waals surface area contributed by atoms with Crippen LogP contribution in [0.2, 0.25) is 0 Å². The number of nitrogens with zero attached hydrogens (tertiary/aromatic N) is 1. The van der Waals surface area contributed by atoms with Crippen molar-refractivity contribution in [3.8, 4) is 33.4 Å². The highest BCUT2D eigenvalue weighted by Crippen LogP contribution is 2.49. The summed E-state index contributed by atoms with van der Waals surface area (Å²) >= 11 is 0. The van der Waals surface area contributed by atoms with Crippen LogP contribution in [0, 0.1) is 0 Å². The molecule has 10 aromatic carbocycles. The molecule has 0 bridgehead atoms. The van der Waals surface area contributed by atoms with E-state index >= 15 is 0 Å². The largest absolute Gasteiger partial charge is 0.456 e. The first-order valence-corrected chi connectivity index (χ1v) is 19.2. The first-order valence-electron chi connectivity index (χ1n) is 19.2. The van der Waals surface area contributed by atoms with Crippen molar-refractivity contribution >= 4 is 71.3 Å². The smallest absolute Gasteiger partial charge is 0.137 e. The molecule has 2 heteroatoms. The zero-order chi connectivity index (χ0) is 37.0. The lowest BCUT2D eigenvalue weighted by molar-refractivity contribution is 0.669. The lowest BCUT2D eigenvalue weighted by Gasteiger charge is -2.30. The Labute approximate surface area is 325 Å². The standard InChI is InChI=1S/C54H35NO/c1-3-16-42-36(13-1)15-11-21-44(42)38-27-29-39(30-28-38)46-18-5-8-22-49(46)55(51-24-12-26-53-54(51)48-20-7-10-25-52(48)56-53)50-23-9-6-19-47(50)41-33-34-45-40(35-41)32-31-37-14-2-4-17-43(37)45/h1-35H. The molecule has 0 saturated heterocycles. The van der Waals surface area contributed by atoms with E-state index in [0.717, 1.165) is 61.3 Å². The summed E-state index contributed by atoms with van der Waals surface area (Å²) in [4.78, 5) is 2.44. The molecule has 0 spiro atoms. The quantitative estimate of drug-likeness (QED) is 0.160. The number of para-hydroxylation sites is 3. The van der Waals surface area contributed by atoms with Gasteiger partial charge in [-0.15, -0.1) is 0 Å². The monoisotopic (exact) mass is 713 g/mol. The van der Waals surface area contributed by atoms with E-state index in [0.29, 0.717) is 0 Å². The fourth-order valence-electron chi connectivity index (χ4n) is 8.64. The summed E-state index contributed by atoms with van der Waals surface area (Å²) in [5, 5.41) is 9.68. The number of anilines is 3. The Bertz CT molecular complexity index is 3260. The first kappa shape index (κ1) is 32.0. The maximum Gasteiger partial charge on any atom is 0.137 e. The Kier molecular flexibility index (Phi) is 7.53. The summed E-state index contributed by atoms with van der Waals surface area (Å²) in [5.74, 6) is 0. The third kappa shape index (κ3) is 5.26. The van der Waals surface area contributed by atoms with Crippen LogP contribution in [0.25, 0.3) is 87.6 Å². The highest BCUT2D eigenvalue weighted by atomic mass is 16.3. The normalized spacial score (nSPS) is 11.6. The molecule has 0 unspecified atom stereocenters. The Hall–Kier alpha value is -7.42. The van der Waals surface area contributed by atoms with Crippen LogP contribution in [0.3, 0.4) is 0 Å². The van der Waals surface area contributed by atoms with Crippen LogP contribution < -0.4 is 4.90 Å².